The number of aryl methyl sites for hydroxylation is 1. The van der Waals surface area contributed by atoms with Crippen LogP contribution in [0.2, 0.25) is 0 Å². The maximum atomic E-state index is 13.1. The predicted octanol–water partition coefficient (Wildman–Crippen LogP) is 4.78. The van der Waals surface area contributed by atoms with Gasteiger partial charge in [-0.2, -0.15) is 0 Å². The topological polar surface area (TPSA) is 79.7 Å². The van der Waals surface area contributed by atoms with Crippen molar-refractivity contribution in [2.45, 2.75) is 19.5 Å². The number of hydrogen-bond acceptors (Lipinski definition) is 5. The molecule has 7 heteroatoms. The Bertz CT molecular complexity index is 1220. The molecular weight excluding hydrogens is 472 g/mol. The molecule has 1 aliphatic rings. The third kappa shape index (κ3) is 4.03. The molecule has 1 aliphatic heterocycles. The third-order valence-electron chi connectivity index (χ3n) is 5.40. The van der Waals surface area contributed by atoms with Crippen LogP contribution in [0.5, 0.6) is 5.75 Å². The first kappa shape index (κ1) is 21.8. The molecule has 4 rings (SSSR count). The van der Waals surface area contributed by atoms with Crippen molar-refractivity contribution in [3.63, 3.8) is 0 Å². The molecule has 1 atom stereocenters. The molecule has 1 amide bonds. The van der Waals surface area contributed by atoms with Gasteiger partial charge in [0.15, 0.2) is 0 Å². The number of nitrogens with zero attached hydrogens (tertiary/aromatic N) is 2. The minimum Gasteiger partial charge on any atom is -0.507 e. The number of rotatable bonds is 5. The SMILES string of the molecule is COc1ccc(/C(O)=C2/C(=O)C(=O)N(Cc3cccnc3)C2c2cccc(C)c2)cc1Br. The number of Topliss-reactive ketones (excluding diaryl/α,β-unsaturated/α-hetero) is 1. The maximum Gasteiger partial charge on any atom is 0.295 e. The summed E-state index contributed by atoms with van der Waals surface area (Å²) in [6.07, 6.45) is 3.31. The second kappa shape index (κ2) is 8.96. The number of aliphatic hydroxyl groups excluding tert-OH is 1. The Labute approximate surface area is 194 Å². The van der Waals surface area contributed by atoms with E-state index in [-0.39, 0.29) is 17.9 Å². The van der Waals surface area contributed by atoms with Gasteiger partial charge >= 0.3 is 0 Å². The average molecular weight is 493 g/mol. The summed E-state index contributed by atoms with van der Waals surface area (Å²) in [5.74, 6) is -1.01. The van der Waals surface area contributed by atoms with Crippen LogP contribution in [0, 0.1) is 6.92 Å². The molecule has 0 radical (unpaired) electrons. The molecule has 1 aromatic heterocycles. The van der Waals surface area contributed by atoms with E-state index >= 15 is 0 Å². The molecule has 1 N–H and O–H groups in total. The van der Waals surface area contributed by atoms with Crippen LogP contribution in [0.25, 0.3) is 5.76 Å². The van der Waals surface area contributed by atoms with Crippen LogP contribution in [-0.2, 0) is 16.1 Å². The van der Waals surface area contributed by atoms with E-state index in [2.05, 4.69) is 20.9 Å². The lowest BCUT2D eigenvalue weighted by atomic mass is 9.94. The molecule has 162 valence electrons. The van der Waals surface area contributed by atoms with Crippen molar-refractivity contribution in [2.24, 2.45) is 0 Å². The molecule has 2 heterocycles. The van der Waals surface area contributed by atoms with Crippen LogP contribution < -0.4 is 4.74 Å². The fraction of sp³-hybridized carbons (Fsp3) is 0.160. The number of aromatic nitrogens is 1. The van der Waals surface area contributed by atoms with Gasteiger partial charge in [0.1, 0.15) is 11.5 Å². The summed E-state index contributed by atoms with van der Waals surface area (Å²) in [5, 5.41) is 11.2. The smallest absolute Gasteiger partial charge is 0.295 e. The van der Waals surface area contributed by atoms with E-state index in [0.29, 0.717) is 15.8 Å². The summed E-state index contributed by atoms with van der Waals surface area (Å²) in [4.78, 5) is 31.8. The van der Waals surface area contributed by atoms with E-state index in [1.165, 1.54) is 4.90 Å². The second-order valence-electron chi connectivity index (χ2n) is 7.55. The monoisotopic (exact) mass is 492 g/mol. The quantitative estimate of drug-likeness (QED) is 0.314. The standard InChI is InChI=1S/C25H21BrN2O4/c1-15-5-3-7-17(11-15)22-21(23(29)18-8-9-20(32-2)19(26)12-18)24(30)25(31)28(22)14-16-6-4-10-27-13-16/h3-13,22,29H,14H2,1-2H3/b23-21-. The zero-order chi connectivity index (χ0) is 22.8. The van der Waals surface area contributed by atoms with Crippen LogP contribution in [0.3, 0.4) is 0 Å². The van der Waals surface area contributed by atoms with E-state index < -0.39 is 17.7 Å². The number of carbonyl (C=O) groups excluding carboxylic acids is 2. The highest BCUT2D eigenvalue weighted by molar-refractivity contribution is 9.10. The molecule has 6 nitrogen and oxygen atoms in total. The molecule has 3 aromatic rings. The first-order valence-electron chi connectivity index (χ1n) is 9.98. The predicted molar refractivity (Wildman–Crippen MR) is 124 cm³/mol. The Morgan fingerprint density at radius 2 is 1.97 bits per heavy atom. The van der Waals surface area contributed by atoms with Gasteiger partial charge < -0.3 is 14.7 Å². The van der Waals surface area contributed by atoms with Gasteiger partial charge in [-0.25, -0.2) is 0 Å². The van der Waals surface area contributed by atoms with Crippen LogP contribution in [-0.4, -0.2) is 33.8 Å². The van der Waals surface area contributed by atoms with Gasteiger partial charge in [-0.05, 0) is 58.2 Å². The van der Waals surface area contributed by atoms with Gasteiger partial charge in [-0.15, -0.1) is 0 Å². The van der Waals surface area contributed by atoms with Gasteiger partial charge in [0.25, 0.3) is 11.7 Å². The molecule has 2 aromatic carbocycles. The van der Waals surface area contributed by atoms with Gasteiger partial charge in [-0.1, -0.05) is 35.9 Å². The summed E-state index contributed by atoms with van der Waals surface area (Å²) >= 11 is 3.41. The number of likely N-dealkylation sites (tertiary alicyclic amines) is 1. The number of amides is 1. The van der Waals surface area contributed by atoms with Gasteiger partial charge in [0, 0.05) is 24.5 Å². The van der Waals surface area contributed by atoms with Crippen molar-refractivity contribution in [1.29, 1.82) is 0 Å². The third-order valence-corrected chi connectivity index (χ3v) is 6.02. The zero-order valence-electron chi connectivity index (χ0n) is 17.6. The van der Waals surface area contributed by atoms with Crippen LogP contribution in [0.4, 0.5) is 0 Å². The van der Waals surface area contributed by atoms with Gasteiger partial charge in [0.2, 0.25) is 0 Å². The van der Waals surface area contributed by atoms with Crippen molar-refractivity contribution in [1.82, 2.24) is 9.88 Å². The normalized spacial score (nSPS) is 17.6. The Hall–Kier alpha value is -3.45. The number of carbonyl (C=O) groups is 2. The lowest BCUT2D eigenvalue weighted by molar-refractivity contribution is -0.140. The molecule has 0 saturated carbocycles. The van der Waals surface area contributed by atoms with E-state index in [9.17, 15) is 14.7 Å². The second-order valence-corrected chi connectivity index (χ2v) is 8.41. The summed E-state index contributed by atoms with van der Waals surface area (Å²) in [7, 11) is 1.54. The minimum absolute atomic E-state index is 0.0570. The lowest BCUT2D eigenvalue weighted by Gasteiger charge is -2.25. The Balaban J connectivity index is 1.87. The van der Waals surface area contributed by atoms with Gasteiger partial charge in [-0.3, -0.25) is 14.6 Å². The summed E-state index contributed by atoms with van der Waals surface area (Å²) in [5.41, 5.74) is 3.00. The van der Waals surface area contributed by atoms with Crippen molar-refractivity contribution in [2.75, 3.05) is 7.11 Å². The number of methoxy groups -OCH3 is 1. The summed E-state index contributed by atoms with van der Waals surface area (Å²) in [6, 6.07) is 15.5. The number of halogens is 1. The Morgan fingerprint density at radius 3 is 2.62 bits per heavy atom. The van der Waals surface area contributed by atoms with Crippen LogP contribution in [0.15, 0.2) is 77.0 Å². The molecule has 0 aliphatic carbocycles. The van der Waals surface area contributed by atoms with Crippen molar-refractivity contribution in [3.8, 4) is 5.75 Å². The fourth-order valence-electron chi connectivity index (χ4n) is 3.89. The maximum absolute atomic E-state index is 13.1. The molecule has 1 saturated heterocycles. The van der Waals surface area contributed by atoms with Crippen molar-refractivity contribution in [3.05, 3.63) is 99.3 Å². The summed E-state index contributed by atoms with van der Waals surface area (Å²) < 4.78 is 5.88. The van der Waals surface area contributed by atoms with Crippen molar-refractivity contribution < 1.29 is 19.4 Å². The largest absolute Gasteiger partial charge is 0.507 e. The van der Waals surface area contributed by atoms with E-state index in [0.717, 1.165) is 16.7 Å². The highest BCUT2D eigenvalue weighted by Crippen LogP contribution is 2.41. The highest BCUT2D eigenvalue weighted by atomic mass is 79.9. The van der Waals surface area contributed by atoms with E-state index in [1.807, 2.05) is 37.3 Å². The number of ether oxygens (including phenoxy) is 1. The highest BCUT2D eigenvalue weighted by Gasteiger charge is 2.46. The number of benzene rings is 2. The average Bonchev–Trinajstić information content (AvgIpc) is 3.04. The molecule has 0 bridgehead atoms. The van der Waals surface area contributed by atoms with Gasteiger partial charge in [0.05, 0.1) is 23.2 Å². The summed E-state index contributed by atoms with van der Waals surface area (Å²) in [6.45, 7) is 2.14. The molecule has 0 spiro atoms. The fourth-order valence-corrected chi connectivity index (χ4v) is 4.43. The molecule has 1 unspecified atom stereocenters. The first-order chi connectivity index (χ1) is 15.4. The number of ketones is 1. The van der Waals surface area contributed by atoms with Crippen LogP contribution >= 0.6 is 15.9 Å². The Morgan fingerprint density at radius 1 is 1.16 bits per heavy atom. The van der Waals surface area contributed by atoms with Crippen LogP contribution in [0.1, 0.15) is 28.3 Å². The number of hydrogen-bond donors (Lipinski definition) is 1. The molecular formula is C25H21BrN2O4. The molecule has 1 fully saturated rings. The number of pyridine rings is 1. The molecule has 32 heavy (non-hydrogen) atoms. The van der Waals surface area contributed by atoms with Crippen molar-refractivity contribution >= 4 is 33.4 Å². The first-order valence-corrected chi connectivity index (χ1v) is 10.8. The van der Waals surface area contributed by atoms with E-state index in [1.54, 1.807) is 43.8 Å². The Kier molecular flexibility index (Phi) is 6.10. The lowest BCUT2D eigenvalue weighted by Crippen LogP contribution is -2.29. The zero-order valence-corrected chi connectivity index (χ0v) is 19.2. The van der Waals surface area contributed by atoms with E-state index in [4.69, 9.17) is 4.74 Å². The number of aliphatic hydroxyl groups is 1. The minimum atomic E-state index is -0.726.